The molecule has 3 heterocycles. The number of nitrogens with zero attached hydrogens (tertiary/aromatic N) is 6. The smallest absolute Gasteiger partial charge is 0.273 e. The SMILES string of the molecule is COc1c(NC2=NC(Nc3cccn(C)c3=O)N(C)C=C2)cccc1-c1ncn(C)n1. The molecule has 10 heteroatoms. The summed E-state index contributed by atoms with van der Waals surface area (Å²) in [5.74, 6) is 1.81. The molecule has 3 aromatic rings. The molecule has 0 amide bonds. The maximum absolute atomic E-state index is 12.3. The van der Waals surface area contributed by atoms with Crippen LogP contribution in [0.15, 0.2) is 64.9 Å². The van der Waals surface area contributed by atoms with Gasteiger partial charge in [-0.2, -0.15) is 5.10 Å². The van der Waals surface area contributed by atoms with Crippen molar-refractivity contribution in [2.45, 2.75) is 6.29 Å². The molecule has 0 bridgehead atoms. The third kappa shape index (κ3) is 4.13. The molecule has 31 heavy (non-hydrogen) atoms. The molecule has 2 aromatic heterocycles. The molecule has 160 valence electrons. The van der Waals surface area contributed by atoms with Crippen molar-refractivity contribution >= 4 is 17.2 Å². The van der Waals surface area contributed by atoms with E-state index < -0.39 is 6.29 Å². The van der Waals surface area contributed by atoms with Gasteiger partial charge in [0.05, 0.1) is 18.4 Å². The average Bonchev–Trinajstić information content (AvgIpc) is 3.19. The Kier molecular flexibility index (Phi) is 5.44. The highest BCUT2D eigenvalue weighted by Crippen LogP contribution is 2.34. The van der Waals surface area contributed by atoms with Gasteiger partial charge in [0.15, 0.2) is 17.9 Å². The average molecular weight is 420 g/mol. The van der Waals surface area contributed by atoms with Crippen molar-refractivity contribution in [2.24, 2.45) is 19.1 Å². The largest absolute Gasteiger partial charge is 0.494 e. The van der Waals surface area contributed by atoms with E-state index in [2.05, 4.69) is 20.7 Å². The monoisotopic (exact) mass is 420 g/mol. The fraction of sp³-hybridized carbons (Fsp3) is 0.238. The van der Waals surface area contributed by atoms with Crippen LogP contribution >= 0.6 is 0 Å². The molecule has 0 radical (unpaired) electrons. The molecule has 0 spiro atoms. The van der Waals surface area contributed by atoms with Crippen molar-refractivity contribution in [3.63, 3.8) is 0 Å². The minimum absolute atomic E-state index is 0.118. The number of rotatable bonds is 5. The second-order valence-electron chi connectivity index (χ2n) is 7.10. The quantitative estimate of drug-likeness (QED) is 0.650. The molecule has 0 saturated heterocycles. The molecule has 2 N–H and O–H groups in total. The summed E-state index contributed by atoms with van der Waals surface area (Å²) in [7, 11) is 7.02. The van der Waals surface area contributed by atoms with E-state index in [9.17, 15) is 4.79 Å². The Morgan fingerprint density at radius 2 is 1.90 bits per heavy atom. The molecule has 1 unspecified atom stereocenters. The first-order valence-corrected chi connectivity index (χ1v) is 9.66. The van der Waals surface area contributed by atoms with Gasteiger partial charge in [-0.3, -0.25) is 9.48 Å². The van der Waals surface area contributed by atoms with Gasteiger partial charge in [0.25, 0.3) is 5.56 Å². The van der Waals surface area contributed by atoms with Crippen LogP contribution in [0, 0.1) is 0 Å². The van der Waals surface area contributed by atoms with E-state index in [1.165, 1.54) is 4.57 Å². The number of hydrogen-bond acceptors (Lipinski definition) is 8. The van der Waals surface area contributed by atoms with Gasteiger partial charge < -0.3 is 24.8 Å². The summed E-state index contributed by atoms with van der Waals surface area (Å²) in [5.41, 5.74) is 1.86. The summed E-state index contributed by atoms with van der Waals surface area (Å²) in [6.07, 6.45) is 6.64. The maximum atomic E-state index is 12.3. The normalized spacial score (nSPS) is 15.5. The minimum Gasteiger partial charge on any atom is -0.494 e. The summed E-state index contributed by atoms with van der Waals surface area (Å²) in [6, 6.07) is 9.26. The van der Waals surface area contributed by atoms with Gasteiger partial charge >= 0.3 is 0 Å². The number of benzene rings is 1. The van der Waals surface area contributed by atoms with E-state index in [-0.39, 0.29) is 5.56 Å². The number of methoxy groups -OCH3 is 1. The lowest BCUT2D eigenvalue weighted by molar-refractivity contribution is 0.368. The lowest BCUT2D eigenvalue weighted by Gasteiger charge is -2.29. The number of nitrogens with one attached hydrogen (secondary N) is 2. The van der Waals surface area contributed by atoms with Crippen LogP contribution in [-0.4, -0.2) is 50.5 Å². The molecule has 10 nitrogen and oxygen atoms in total. The number of hydrogen-bond donors (Lipinski definition) is 2. The molecule has 1 atom stereocenters. The minimum atomic E-state index is -0.450. The predicted octanol–water partition coefficient (Wildman–Crippen LogP) is 1.85. The van der Waals surface area contributed by atoms with Crippen LogP contribution in [0.5, 0.6) is 5.75 Å². The van der Waals surface area contributed by atoms with Crippen molar-refractivity contribution in [2.75, 3.05) is 24.8 Å². The van der Waals surface area contributed by atoms with Crippen molar-refractivity contribution in [3.8, 4) is 17.1 Å². The van der Waals surface area contributed by atoms with E-state index in [0.29, 0.717) is 23.1 Å². The Bertz CT molecular complexity index is 1210. The molecule has 1 aliphatic rings. The molecular formula is C21H24N8O2. The van der Waals surface area contributed by atoms with Gasteiger partial charge in [-0.05, 0) is 30.3 Å². The molecule has 0 saturated carbocycles. The van der Waals surface area contributed by atoms with Gasteiger partial charge in [0.1, 0.15) is 17.9 Å². The summed E-state index contributed by atoms with van der Waals surface area (Å²) in [6.45, 7) is 0. The summed E-state index contributed by atoms with van der Waals surface area (Å²) >= 11 is 0. The Morgan fingerprint density at radius 1 is 1.10 bits per heavy atom. The van der Waals surface area contributed by atoms with Gasteiger partial charge in [0.2, 0.25) is 0 Å². The third-order valence-electron chi connectivity index (χ3n) is 4.84. The van der Waals surface area contributed by atoms with Crippen LogP contribution in [-0.2, 0) is 14.1 Å². The van der Waals surface area contributed by atoms with Crippen molar-refractivity contribution in [3.05, 3.63) is 65.5 Å². The predicted molar refractivity (Wildman–Crippen MR) is 120 cm³/mol. The van der Waals surface area contributed by atoms with Crippen molar-refractivity contribution in [1.82, 2.24) is 24.2 Å². The lowest BCUT2D eigenvalue weighted by atomic mass is 10.1. The van der Waals surface area contributed by atoms with Crippen LogP contribution in [0.25, 0.3) is 11.4 Å². The first-order valence-electron chi connectivity index (χ1n) is 9.66. The molecule has 4 rings (SSSR count). The van der Waals surface area contributed by atoms with Crippen molar-refractivity contribution in [1.29, 1.82) is 0 Å². The Hall–Kier alpha value is -4.08. The number of amidine groups is 1. The number of aromatic nitrogens is 4. The molecule has 0 aliphatic carbocycles. The summed E-state index contributed by atoms with van der Waals surface area (Å²) < 4.78 is 8.81. The number of aliphatic imine (C=N–C) groups is 1. The van der Waals surface area contributed by atoms with E-state index in [4.69, 9.17) is 9.73 Å². The van der Waals surface area contributed by atoms with Gasteiger partial charge in [-0.25, -0.2) is 9.98 Å². The number of anilines is 2. The van der Waals surface area contributed by atoms with Gasteiger partial charge in [0, 0.05) is 33.5 Å². The zero-order valence-corrected chi connectivity index (χ0v) is 17.8. The second kappa shape index (κ2) is 8.34. The first kappa shape index (κ1) is 20.2. The zero-order chi connectivity index (χ0) is 22.0. The fourth-order valence-corrected chi connectivity index (χ4v) is 3.22. The second-order valence-corrected chi connectivity index (χ2v) is 7.10. The third-order valence-corrected chi connectivity index (χ3v) is 4.84. The van der Waals surface area contributed by atoms with Crippen LogP contribution in [0.2, 0.25) is 0 Å². The van der Waals surface area contributed by atoms with Crippen LogP contribution in [0.1, 0.15) is 0 Å². The van der Waals surface area contributed by atoms with Crippen LogP contribution in [0.4, 0.5) is 11.4 Å². The van der Waals surface area contributed by atoms with Crippen LogP contribution in [0.3, 0.4) is 0 Å². The molecular weight excluding hydrogens is 396 g/mol. The standard InChI is InChI=1S/C21H24N8O2/c1-27-11-6-9-16(20(27)30)24-21-25-17(10-12-28(21)2)23-15-8-5-7-14(18(15)31-4)19-22-13-29(3)26-19/h5-13,21,24H,1-4H3,(H,23,25). The van der Waals surface area contributed by atoms with Gasteiger partial charge in [-0.15, -0.1) is 0 Å². The highest BCUT2D eigenvalue weighted by molar-refractivity contribution is 6.05. The lowest BCUT2D eigenvalue weighted by Crippen LogP contribution is -2.39. The number of pyridine rings is 1. The van der Waals surface area contributed by atoms with Crippen molar-refractivity contribution < 1.29 is 4.74 Å². The Morgan fingerprint density at radius 3 is 2.65 bits per heavy atom. The van der Waals surface area contributed by atoms with Crippen LogP contribution < -0.4 is 20.9 Å². The number of ether oxygens (including phenoxy) is 1. The number of aryl methyl sites for hydroxylation is 2. The summed E-state index contributed by atoms with van der Waals surface area (Å²) in [4.78, 5) is 23.2. The van der Waals surface area contributed by atoms with Gasteiger partial charge in [-0.1, -0.05) is 6.07 Å². The Labute approximate surface area is 179 Å². The number of para-hydroxylation sites is 1. The molecule has 0 fully saturated rings. The Balaban J connectivity index is 1.61. The zero-order valence-electron chi connectivity index (χ0n) is 17.8. The summed E-state index contributed by atoms with van der Waals surface area (Å²) in [5, 5.41) is 10.9. The first-order chi connectivity index (χ1) is 15.0. The van der Waals surface area contributed by atoms with E-state index in [0.717, 1.165) is 11.3 Å². The maximum Gasteiger partial charge on any atom is 0.273 e. The highest BCUT2D eigenvalue weighted by atomic mass is 16.5. The highest BCUT2D eigenvalue weighted by Gasteiger charge is 2.19. The topological polar surface area (TPSA) is 102 Å². The molecule has 1 aromatic carbocycles. The van der Waals surface area contributed by atoms with E-state index >= 15 is 0 Å². The molecule has 1 aliphatic heterocycles. The fourth-order valence-electron chi connectivity index (χ4n) is 3.22. The van der Waals surface area contributed by atoms with E-state index in [1.807, 2.05) is 55.5 Å². The van der Waals surface area contributed by atoms with E-state index in [1.54, 1.807) is 37.4 Å².